The number of allylic oxidation sites excluding steroid dienone is 5. The highest BCUT2D eigenvalue weighted by Gasteiger charge is 2.31. The largest absolute Gasteiger partial charge is 0.315 e. The quantitative estimate of drug-likeness (QED) is 0.0940. The van der Waals surface area contributed by atoms with Gasteiger partial charge in [-0.3, -0.25) is 0 Å². The molecule has 6 rings (SSSR count). The highest BCUT2D eigenvalue weighted by Crippen LogP contribution is 2.40. The molecule has 1 aliphatic rings. The van der Waals surface area contributed by atoms with Gasteiger partial charge in [0.05, 0.1) is 11.4 Å². The first-order valence-corrected chi connectivity index (χ1v) is 16.6. The fourth-order valence-corrected chi connectivity index (χ4v) is 6.55. The summed E-state index contributed by atoms with van der Waals surface area (Å²) < 4.78 is 4.36. The molecule has 240 valence electrons. The smallest absolute Gasteiger partial charge is 0.0786 e. The molecule has 0 fully saturated rings. The van der Waals surface area contributed by atoms with Crippen LogP contribution in [0.1, 0.15) is 47.5 Å². The van der Waals surface area contributed by atoms with Crippen molar-refractivity contribution >= 4 is 41.8 Å². The topological polar surface area (TPSA) is 9.86 Å². The summed E-state index contributed by atoms with van der Waals surface area (Å²) >= 11 is 0. The molecule has 5 aromatic rings. The second-order valence-corrected chi connectivity index (χ2v) is 12.4. The molecule has 0 aliphatic heterocycles. The van der Waals surface area contributed by atoms with E-state index in [0.717, 1.165) is 38.9 Å². The summed E-state index contributed by atoms with van der Waals surface area (Å²) in [6.07, 6.45) is 14.0. The first kappa shape index (κ1) is 32.8. The van der Waals surface area contributed by atoms with Crippen molar-refractivity contribution in [3.63, 3.8) is 0 Å². The van der Waals surface area contributed by atoms with Crippen molar-refractivity contribution in [2.24, 2.45) is 0 Å². The van der Waals surface area contributed by atoms with Crippen molar-refractivity contribution in [2.75, 3.05) is 0 Å². The van der Waals surface area contributed by atoms with Gasteiger partial charge in [0.15, 0.2) is 0 Å². The van der Waals surface area contributed by atoms with Crippen LogP contribution in [-0.2, 0) is 5.41 Å². The van der Waals surface area contributed by atoms with Crippen LogP contribution in [0.5, 0.6) is 0 Å². The van der Waals surface area contributed by atoms with E-state index in [1.54, 1.807) is 0 Å². The van der Waals surface area contributed by atoms with Gasteiger partial charge in [-0.25, -0.2) is 0 Å². The van der Waals surface area contributed by atoms with Crippen molar-refractivity contribution in [3.05, 3.63) is 208 Å². The first-order valence-electron chi connectivity index (χ1n) is 16.6. The zero-order chi connectivity index (χ0) is 34.4. The van der Waals surface area contributed by atoms with E-state index in [2.05, 4.69) is 164 Å². The Morgan fingerprint density at radius 3 is 2.10 bits per heavy atom. The normalized spacial score (nSPS) is 13.2. The predicted octanol–water partition coefficient (Wildman–Crippen LogP) is 10.4. The van der Waals surface area contributed by atoms with Crippen LogP contribution in [0.2, 0.25) is 0 Å². The molecule has 4 aromatic carbocycles. The number of aryl methyl sites for hydroxylation is 1. The lowest BCUT2D eigenvalue weighted by Crippen LogP contribution is -2.25. The molecular weight excluding hydrogens is 593 g/mol. The lowest BCUT2D eigenvalue weighted by molar-refractivity contribution is 0.693. The second kappa shape index (κ2) is 14.4. The third-order valence-electron chi connectivity index (χ3n) is 9.31. The van der Waals surface area contributed by atoms with Gasteiger partial charge in [0.2, 0.25) is 0 Å². The van der Waals surface area contributed by atoms with Gasteiger partial charge >= 0.3 is 0 Å². The number of hydrogen-bond donors (Lipinski definition) is 0. The summed E-state index contributed by atoms with van der Waals surface area (Å²) in [6.45, 7) is 19.3. The molecule has 0 N–H and O–H groups in total. The van der Waals surface area contributed by atoms with Gasteiger partial charge in [-0.1, -0.05) is 123 Å². The zero-order valence-electron chi connectivity index (χ0n) is 28.6. The summed E-state index contributed by atoms with van der Waals surface area (Å²) in [6, 6.07) is 43.2. The first-order chi connectivity index (χ1) is 23.8. The van der Waals surface area contributed by atoms with Gasteiger partial charge in [0, 0.05) is 40.5 Å². The molecule has 1 atom stereocenters. The maximum absolute atomic E-state index is 4.59. The second-order valence-electron chi connectivity index (χ2n) is 12.4. The summed E-state index contributed by atoms with van der Waals surface area (Å²) in [7, 11) is 0. The maximum Gasteiger partial charge on any atom is 0.0786 e. The summed E-state index contributed by atoms with van der Waals surface area (Å²) in [5, 5.41) is 4.21. The van der Waals surface area contributed by atoms with E-state index in [0.29, 0.717) is 0 Å². The van der Waals surface area contributed by atoms with E-state index in [-0.39, 0.29) is 5.41 Å². The van der Waals surface area contributed by atoms with Gasteiger partial charge in [-0.05, 0) is 101 Å². The number of rotatable bonds is 7. The third-order valence-corrected chi connectivity index (χ3v) is 9.31. The van der Waals surface area contributed by atoms with Crippen LogP contribution in [0.3, 0.4) is 0 Å². The highest BCUT2D eigenvalue weighted by molar-refractivity contribution is 5.84. The molecule has 0 bridgehead atoms. The molecule has 2 heteroatoms. The van der Waals surface area contributed by atoms with E-state index >= 15 is 0 Å². The van der Waals surface area contributed by atoms with Crippen LogP contribution >= 0.6 is 0 Å². The average Bonchev–Trinajstić information content (AvgIpc) is 3.60. The van der Waals surface area contributed by atoms with Crippen molar-refractivity contribution < 1.29 is 0 Å². The van der Waals surface area contributed by atoms with Crippen LogP contribution in [-0.4, -0.2) is 9.13 Å². The summed E-state index contributed by atoms with van der Waals surface area (Å²) in [5.74, 6) is 0. The average molecular weight is 635 g/mol. The fourth-order valence-electron chi connectivity index (χ4n) is 6.55. The van der Waals surface area contributed by atoms with Crippen LogP contribution in [0, 0.1) is 6.92 Å². The molecule has 2 nitrogen and oxygen atoms in total. The van der Waals surface area contributed by atoms with Gasteiger partial charge in [-0.15, -0.1) is 5.73 Å². The summed E-state index contributed by atoms with van der Waals surface area (Å²) in [5.41, 5.74) is 11.6. The van der Waals surface area contributed by atoms with E-state index in [1.165, 1.54) is 27.5 Å². The molecule has 0 saturated heterocycles. The Labute approximate surface area is 290 Å². The lowest BCUT2D eigenvalue weighted by Gasteiger charge is -2.32. The number of benzene rings is 4. The molecule has 0 radical (unpaired) electrons. The standard InChI is InChI=1S/C47H42N2/c1-7-17-43(18-8-2)48-32-15-14-19-35(3)36(4)33-37(5)49(46-25-16-24-45(46)48)44-30-28-41(29-31-44)47(6,40-22-10-9-11-23-40)42-27-26-38-20-12-13-21-39(38)34-42/h7-15,17-34H,1,3,5H2,2,4,6H3/b18-8-,19-14?,32-15?,36-33?,43-17+. The van der Waals surface area contributed by atoms with E-state index in [9.17, 15) is 0 Å². The van der Waals surface area contributed by atoms with Crippen molar-refractivity contribution in [2.45, 2.75) is 26.2 Å². The SMILES string of the molecule is C=C/C=C(\C=C/C)n1ccccc(=C)c(C)cc(=C)n(-c2ccc(C(C)(c3ccccc3)c3ccc4ccccc4c3)cc2)c2c1C=C=C2. The molecule has 1 aliphatic carbocycles. The molecule has 49 heavy (non-hydrogen) atoms. The Bertz CT molecular complexity index is 2390. The number of hydrogen-bond acceptors (Lipinski definition) is 0. The van der Waals surface area contributed by atoms with Crippen molar-refractivity contribution in [3.8, 4) is 5.69 Å². The molecule has 0 spiro atoms. The molecular formula is C47H42N2. The highest BCUT2D eigenvalue weighted by atomic mass is 15.0. The van der Waals surface area contributed by atoms with E-state index < -0.39 is 0 Å². The Morgan fingerprint density at radius 1 is 0.714 bits per heavy atom. The van der Waals surface area contributed by atoms with Crippen LogP contribution in [0.4, 0.5) is 0 Å². The minimum Gasteiger partial charge on any atom is -0.315 e. The lowest BCUT2D eigenvalue weighted by atomic mass is 9.71. The number of aromatic nitrogens is 2. The Balaban J connectivity index is 1.62. The Morgan fingerprint density at radius 2 is 1.37 bits per heavy atom. The maximum atomic E-state index is 4.59. The van der Waals surface area contributed by atoms with Crippen molar-refractivity contribution in [1.29, 1.82) is 0 Å². The van der Waals surface area contributed by atoms with Gasteiger partial charge in [0.25, 0.3) is 0 Å². The fraction of sp³-hybridized carbons (Fsp3) is 0.0851. The van der Waals surface area contributed by atoms with Crippen molar-refractivity contribution in [1.82, 2.24) is 9.13 Å². The molecule has 1 unspecified atom stereocenters. The monoisotopic (exact) mass is 634 g/mol. The summed E-state index contributed by atoms with van der Waals surface area (Å²) in [4.78, 5) is 0. The molecule has 0 saturated carbocycles. The van der Waals surface area contributed by atoms with Crippen LogP contribution < -0.4 is 10.6 Å². The number of fused-ring (bicyclic) bond motifs is 2. The van der Waals surface area contributed by atoms with Crippen LogP contribution in [0.25, 0.3) is 47.5 Å². The molecule has 1 aromatic heterocycles. The molecule has 1 heterocycles. The number of nitrogens with zero attached hydrogens (tertiary/aromatic N) is 2. The predicted molar refractivity (Wildman–Crippen MR) is 212 cm³/mol. The van der Waals surface area contributed by atoms with E-state index in [4.69, 9.17) is 0 Å². The Hall–Kier alpha value is -6.08. The van der Waals surface area contributed by atoms with Gasteiger partial charge in [-0.2, -0.15) is 0 Å². The minimum absolute atomic E-state index is 0.388. The van der Waals surface area contributed by atoms with Gasteiger partial charge < -0.3 is 9.13 Å². The Kier molecular flexibility index (Phi) is 9.62. The zero-order valence-corrected chi connectivity index (χ0v) is 28.6. The third kappa shape index (κ3) is 6.56. The van der Waals surface area contributed by atoms with E-state index in [1.807, 2.05) is 55.5 Å². The van der Waals surface area contributed by atoms with Gasteiger partial charge in [0.1, 0.15) is 0 Å². The molecule has 0 amide bonds. The van der Waals surface area contributed by atoms with Crippen LogP contribution in [0.15, 0.2) is 164 Å². The minimum atomic E-state index is -0.388.